The van der Waals surface area contributed by atoms with E-state index >= 15 is 0 Å². The molecule has 3 aliphatic rings. The molecule has 7 rings (SSSR count). The van der Waals surface area contributed by atoms with Crippen molar-refractivity contribution in [2.45, 2.75) is 78.0 Å². The highest BCUT2D eigenvalue weighted by molar-refractivity contribution is 6.31. The number of ether oxygens (including phenoxy) is 2. The van der Waals surface area contributed by atoms with E-state index in [0.29, 0.717) is 39.9 Å². The van der Waals surface area contributed by atoms with Gasteiger partial charge in [0.25, 0.3) is 11.8 Å². The van der Waals surface area contributed by atoms with E-state index in [1.165, 1.54) is 4.40 Å². The molecule has 57 heavy (non-hydrogen) atoms. The molecule has 16 heteroatoms. The largest absolute Gasteiger partial charge is 0.493 e. The molecule has 2 aliphatic heterocycles. The maximum absolute atomic E-state index is 13.4. The number of piperidine rings is 1. The smallest absolute Gasteiger partial charge is 0.351 e. The van der Waals surface area contributed by atoms with Gasteiger partial charge in [0, 0.05) is 74.0 Å². The molecule has 5 heterocycles. The Labute approximate surface area is 335 Å². The van der Waals surface area contributed by atoms with Crippen LogP contribution in [0.25, 0.3) is 5.65 Å². The maximum atomic E-state index is 13.4. The Balaban J connectivity index is 0.812. The minimum Gasteiger partial charge on any atom is -0.493 e. The quantitative estimate of drug-likeness (QED) is 0.145. The summed E-state index contributed by atoms with van der Waals surface area (Å²) in [7, 11) is 0. The average Bonchev–Trinajstić information content (AvgIpc) is 3.52. The number of piperazine rings is 1. The molecule has 1 aliphatic carbocycles. The summed E-state index contributed by atoms with van der Waals surface area (Å²) in [5, 5.41) is 19.4. The summed E-state index contributed by atoms with van der Waals surface area (Å²) in [5.74, 6) is 1.00. The molecule has 1 aromatic carbocycles. The first-order valence-corrected chi connectivity index (χ1v) is 19.8. The lowest BCUT2D eigenvalue weighted by atomic mass is 9.49. The second-order valence-corrected chi connectivity index (χ2v) is 16.6. The number of benzene rings is 1. The van der Waals surface area contributed by atoms with Gasteiger partial charge in [-0.15, -0.1) is 5.10 Å². The summed E-state index contributed by atoms with van der Waals surface area (Å²) in [4.78, 5) is 59.3. The summed E-state index contributed by atoms with van der Waals surface area (Å²) in [6, 6.07) is 13.3. The average molecular weight is 798 g/mol. The number of nitrogens with zero attached hydrogens (tertiary/aromatic N) is 7. The van der Waals surface area contributed by atoms with Crippen molar-refractivity contribution in [1.82, 2.24) is 34.7 Å². The van der Waals surface area contributed by atoms with Crippen molar-refractivity contribution in [2.75, 3.05) is 44.2 Å². The van der Waals surface area contributed by atoms with Gasteiger partial charge in [0.05, 0.1) is 22.8 Å². The lowest BCUT2D eigenvalue weighted by molar-refractivity contribution is -0.164. The highest BCUT2D eigenvalue weighted by Crippen LogP contribution is 2.55. The number of amides is 3. The standard InChI is InChI=1S/C41H48ClN9O6/c1-40(2)37(41(3,4)38(40)57-29-10-8-26(24-43)30(42)22-29)46-35(53)27-9-12-32(44-25-27)49-19-17-48(18-20-49)15-6-5-7-21-56-28-14-16-50-33(23-28)47-51(39(50)55)31-11-13-34(52)45-36(31)54/h8-10,12,14,16,22-23,25,31,37-38H,5-7,11,13,15,17-21H2,1-4H3,(H,46,53)(H,45,52,54)/t31?,37-,38-. The van der Waals surface area contributed by atoms with Gasteiger partial charge >= 0.3 is 5.69 Å². The zero-order valence-electron chi connectivity index (χ0n) is 32.7. The molecular formula is C41H48ClN9O6. The number of nitriles is 1. The number of halogens is 1. The van der Waals surface area contributed by atoms with Gasteiger partial charge in [-0.25, -0.2) is 9.78 Å². The first-order valence-electron chi connectivity index (χ1n) is 19.4. The van der Waals surface area contributed by atoms with Crippen LogP contribution in [0, 0.1) is 22.2 Å². The van der Waals surface area contributed by atoms with Crippen molar-refractivity contribution in [3.05, 3.63) is 81.5 Å². The van der Waals surface area contributed by atoms with Gasteiger partial charge in [-0.3, -0.25) is 29.0 Å². The van der Waals surface area contributed by atoms with Crippen molar-refractivity contribution >= 4 is 40.8 Å². The zero-order valence-corrected chi connectivity index (χ0v) is 33.4. The van der Waals surface area contributed by atoms with Crippen LogP contribution in [-0.4, -0.2) is 93.3 Å². The predicted molar refractivity (Wildman–Crippen MR) is 213 cm³/mol. The number of anilines is 1. The molecule has 3 aromatic heterocycles. The number of nitrogens with one attached hydrogen (secondary N) is 2. The maximum Gasteiger partial charge on any atom is 0.351 e. The van der Waals surface area contributed by atoms with Crippen LogP contribution in [-0.2, 0) is 9.59 Å². The van der Waals surface area contributed by atoms with Crippen molar-refractivity contribution in [2.24, 2.45) is 10.8 Å². The second kappa shape index (κ2) is 16.2. The number of hydrogen-bond donors (Lipinski definition) is 2. The topological polar surface area (TPSA) is 176 Å². The molecule has 300 valence electrons. The monoisotopic (exact) mass is 797 g/mol. The van der Waals surface area contributed by atoms with Crippen LogP contribution < -0.4 is 30.7 Å². The number of carbonyl (C=O) groups is 3. The van der Waals surface area contributed by atoms with Crippen LogP contribution in [0.3, 0.4) is 0 Å². The molecule has 3 fully saturated rings. The minimum absolute atomic E-state index is 0.147. The van der Waals surface area contributed by atoms with Crippen LogP contribution in [0.2, 0.25) is 5.02 Å². The number of pyridine rings is 2. The molecule has 2 N–H and O–H groups in total. The first-order chi connectivity index (χ1) is 27.3. The minimum atomic E-state index is -0.814. The second-order valence-electron chi connectivity index (χ2n) is 16.2. The normalized spacial score (nSPS) is 21.7. The fourth-order valence-corrected chi connectivity index (χ4v) is 8.92. The molecule has 2 saturated heterocycles. The van der Waals surface area contributed by atoms with E-state index in [1.54, 1.807) is 42.7 Å². The summed E-state index contributed by atoms with van der Waals surface area (Å²) in [6.45, 7) is 13.4. The Hall–Kier alpha value is -5.46. The molecule has 0 radical (unpaired) electrons. The van der Waals surface area contributed by atoms with Crippen molar-refractivity contribution in [3.8, 4) is 17.6 Å². The van der Waals surface area contributed by atoms with Crippen LogP contribution in [0.15, 0.2) is 59.7 Å². The first kappa shape index (κ1) is 39.8. The van der Waals surface area contributed by atoms with Gasteiger partial charge in [0.2, 0.25) is 5.91 Å². The third-order valence-electron chi connectivity index (χ3n) is 11.5. The predicted octanol–water partition coefficient (Wildman–Crippen LogP) is 4.38. The van der Waals surface area contributed by atoms with Crippen molar-refractivity contribution in [3.63, 3.8) is 0 Å². The number of imide groups is 1. The summed E-state index contributed by atoms with van der Waals surface area (Å²) in [5.41, 5.74) is 0.115. The molecule has 0 bridgehead atoms. The van der Waals surface area contributed by atoms with Crippen LogP contribution in [0.4, 0.5) is 5.82 Å². The molecule has 4 aromatic rings. The van der Waals surface area contributed by atoms with Gasteiger partial charge in [0.1, 0.15) is 35.5 Å². The van der Waals surface area contributed by atoms with E-state index in [2.05, 4.69) is 64.3 Å². The van der Waals surface area contributed by atoms with E-state index in [9.17, 15) is 24.4 Å². The van der Waals surface area contributed by atoms with Gasteiger partial charge < -0.3 is 19.7 Å². The fourth-order valence-electron chi connectivity index (χ4n) is 8.70. The van der Waals surface area contributed by atoms with Crippen molar-refractivity contribution < 1.29 is 23.9 Å². The highest BCUT2D eigenvalue weighted by Gasteiger charge is 2.64. The van der Waals surface area contributed by atoms with E-state index in [4.69, 9.17) is 21.1 Å². The number of unbranched alkanes of at least 4 members (excludes halogenated alkanes) is 2. The van der Waals surface area contributed by atoms with Crippen molar-refractivity contribution in [1.29, 1.82) is 5.26 Å². The molecule has 15 nitrogen and oxygen atoms in total. The molecule has 1 unspecified atom stereocenters. The number of hydrogen-bond acceptors (Lipinski definition) is 11. The Morgan fingerprint density at radius 2 is 1.77 bits per heavy atom. The van der Waals surface area contributed by atoms with Crippen LogP contribution in [0.1, 0.15) is 81.8 Å². The van der Waals surface area contributed by atoms with E-state index in [-0.39, 0.29) is 47.6 Å². The number of fused-ring (bicyclic) bond motifs is 1. The molecule has 0 spiro atoms. The fraction of sp³-hybridized carbons (Fsp3) is 0.488. The Kier molecular flexibility index (Phi) is 11.3. The summed E-state index contributed by atoms with van der Waals surface area (Å²) in [6.07, 6.45) is 6.37. The summed E-state index contributed by atoms with van der Waals surface area (Å²) < 4.78 is 14.8. The van der Waals surface area contributed by atoms with Gasteiger partial charge in [-0.2, -0.15) is 9.94 Å². The highest BCUT2D eigenvalue weighted by atomic mass is 35.5. The molecule has 1 atom stereocenters. The van der Waals surface area contributed by atoms with Gasteiger partial charge in [-0.1, -0.05) is 39.3 Å². The molecule has 3 amide bonds. The number of aromatic nitrogens is 4. The number of rotatable bonds is 13. The van der Waals surface area contributed by atoms with E-state index < -0.39 is 17.6 Å². The van der Waals surface area contributed by atoms with Crippen LogP contribution >= 0.6 is 11.6 Å². The molecule has 1 saturated carbocycles. The van der Waals surface area contributed by atoms with E-state index in [1.807, 2.05) is 12.1 Å². The Bertz CT molecular complexity index is 2240. The third-order valence-corrected chi connectivity index (χ3v) is 11.9. The molecular weight excluding hydrogens is 750 g/mol. The Morgan fingerprint density at radius 1 is 1.00 bits per heavy atom. The number of carbonyl (C=O) groups excluding carboxylic acids is 3. The van der Waals surface area contributed by atoms with Gasteiger partial charge in [0.15, 0.2) is 5.65 Å². The van der Waals surface area contributed by atoms with E-state index in [0.717, 1.165) is 62.5 Å². The third kappa shape index (κ3) is 8.20. The van der Waals surface area contributed by atoms with Gasteiger partial charge in [-0.05, 0) is 62.6 Å². The summed E-state index contributed by atoms with van der Waals surface area (Å²) >= 11 is 6.24. The van der Waals surface area contributed by atoms with Crippen LogP contribution in [0.5, 0.6) is 11.5 Å². The lowest BCUT2D eigenvalue weighted by Gasteiger charge is -2.63. The zero-order chi connectivity index (χ0) is 40.5. The lowest BCUT2D eigenvalue weighted by Crippen LogP contribution is -2.74. The SMILES string of the molecule is CC1(C)[C@H](NC(=O)c2ccc(N3CCN(CCCCCOc4ccn5c(=O)n(C6CCC(=O)NC6=O)nc5c4)CC3)nc2)C(C)(C)[C@H]1Oc1ccc(C#N)c(Cl)c1. The Morgan fingerprint density at radius 3 is 2.46 bits per heavy atom.